The van der Waals surface area contributed by atoms with Gasteiger partial charge in [0, 0.05) is 12.5 Å². The molecule has 1 rings (SSSR count). The van der Waals surface area contributed by atoms with Crippen LogP contribution < -0.4 is 5.43 Å². The van der Waals surface area contributed by atoms with Crippen LogP contribution in [0.25, 0.3) is 0 Å². The van der Waals surface area contributed by atoms with E-state index in [-0.39, 0.29) is 11.4 Å². The van der Waals surface area contributed by atoms with Crippen molar-refractivity contribution in [2.75, 3.05) is 0 Å². The second-order valence-electron chi connectivity index (χ2n) is 4.34. The average Bonchev–Trinajstić information content (AvgIpc) is 2.29. The molecule has 1 aliphatic rings. The summed E-state index contributed by atoms with van der Waals surface area (Å²) in [7, 11) is 0. The average molecular weight is 170 g/mol. The predicted molar refractivity (Wildman–Crippen MR) is 48.4 cm³/mol. The normalized spacial score (nSPS) is 25.2. The number of carbonyl (C=O) groups excluding carboxylic acids is 1. The molecule has 3 nitrogen and oxygen atoms in total. The molecule has 0 aromatic heterocycles. The first-order valence-electron chi connectivity index (χ1n) is 4.54. The van der Waals surface area contributed by atoms with Gasteiger partial charge in [-0.25, -0.2) is 5.43 Å². The molecule has 1 aliphatic heterocycles. The van der Waals surface area contributed by atoms with Gasteiger partial charge in [0.25, 0.3) is 0 Å². The number of nitrogens with one attached hydrogen (secondary N) is 1. The molecule has 1 atom stereocenters. The first-order valence-corrected chi connectivity index (χ1v) is 4.54. The summed E-state index contributed by atoms with van der Waals surface area (Å²) >= 11 is 0. The lowest BCUT2D eigenvalue weighted by Crippen LogP contribution is -2.49. The Balaban J connectivity index is 2.64. The van der Waals surface area contributed by atoms with Crippen molar-refractivity contribution in [2.24, 2.45) is 0 Å². The van der Waals surface area contributed by atoms with Gasteiger partial charge < -0.3 is 0 Å². The van der Waals surface area contributed by atoms with Crippen molar-refractivity contribution in [1.29, 1.82) is 0 Å². The van der Waals surface area contributed by atoms with E-state index in [4.69, 9.17) is 0 Å². The fourth-order valence-electron chi connectivity index (χ4n) is 1.41. The van der Waals surface area contributed by atoms with Crippen LogP contribution in [0.5, 0.6) is 0 Å². The van der Waals surface area contributed by atoms with E-state index >= 15 is 0 Å². The van der Waals surface area contributed by atoms with E-state index in [1.165, 1.54) is 0 Å². The highest BCUT2D eigenvalue weighted by atomic mass is 16.2. The minimum atomic E-state index is -0.0962. The number of rotatable bonds is 1. The van der Waals surface area contributed by atoms with E-state index in [1.807, 2.05) is 20.8 Å². The summed E-state index contributed by atoms with van der Waals surface area (Å²) in [6.45, 7) is 8.21. The van der Waals surface area contributed by atoms with Gasteiger partial charge in [0.1, 0.15) is 0 Å². The third-order valence-corrected chi connectivity index (χ3v) is 2.15. The topological polar surface area (TPSA) is 32.3 Å². The number of nitrogens with zero attached hydrogens (tertiary/aromatic N) is 1. The SMILES string of the molecule is CCC1CC(=O)N(C(C)(C)C)N1. The number of hydrazine groups is 1. The summed E-state index contributed by atoms with van der Waals surface area (Å²) in [6, 6.07) is 0.344. The molecule has 0 radical (unpaired) electrons. The molecule has 1 fully saturated rings. The van der Waals surface area contributed by atoms with Gasteiger partial charge in [0.15, 0.2) is 0 Å². The minimum Gasteiger partial charge on any atom is -0.273 e. The lowest BCUT2D eigenvalue weighted by molar-refractivity contribution is -0.134. The maximum Gasteiger partial charge on any atom is 0.238 e. The molecule has 1 N–H and O–H groups in total. The molecule has 0 aliphatic carbocycles. The third-order valence-electron chi connectivity index (χ3n) is 2.15. The highest BCUT2D eigenvalue weighted by Crippen LogP contribution is 2.19. The number of hydrogen-bond donors (Lipinski definition) is 1. The Kier molecular flexibility index (Phi) is 2.42. The lowest BCUT2D eigenvalue weighted by atomic mass is 10.1. The molecule has 0 bridgehead atoms. The van der Waals surface area contributed by atoms with Crippen molar-refractivity contribution < 1.29 is 4.79 Å². The van der Waals surface area contributed by atoms with Gasteiger partial charge in [-0.3, -0.25) is 9.80 Å². The van der Waals surface area contributed by atoms with Gasteiger partial charge in [0.2, 0.25) is 5.91 Å². The number of amides is 1. The van der Waals surface area contributed by atoms with Crippen LogP contribution in [0.2, 0.25) is 0 Å². The van der Waals surface area contributed by atoms with Crippen LogP contribution in [0.3, 0.4) is 0 Å². The molecule has 0 aromatic carbocycles. The van der Waals surface area contributed by atoms with Crippen LogP contribution >= 0.6 is 0 Å². The largest absolute Gasteiger partial charge is 0.273 e. The van der Waals surface area contributed by atoms with Crippen molar-refractivity contribution >= 4 is 5.91 Å². The molecular weight excluding hydrogens is 152 g/mol. The monoisotopic (exact) mass is 170 g/mol. The second-order valence-corrected chi connectivity index (χ2v) is 4.34. The molecule has 1 heterocycles. The zero-order valence-electron chi connectivity index (χ0n) is 8.35. The molecule has 1 amide bonds. The smallest absolute Gasteiger partial charge is 0.238 e. The predicted octanol–water partition coefficient (Wildman–Crippen LogP) is 1.30. The Hall–Kier alpha value is -0.570. The third kappa shape index (κ3) is 1.78. The van der Waals surface area contributed by atoms with Crippen LogP contribution in [0.1, 0.15) is 40.5 Å². The Morgan fingerprint density at radius 1 is 1.58 bits per heavy atom. The second kappa shape index (κ2) is 3.05. The molecule has 3 heteroatoms. The maximum atomic E-state index is 11.5. The Bertz CT molecular complexity index is 183. The van der Waals surface area contributed by atoms with Crippen LogP contribution in [0.4, 0.5) is 0 Å². The van der Waals surface area contributed by atoms with E-state index in [1.54, 1.807) is 5.01 Å². The van der Waals surface area contributed by atoms with E-state index in [0.717, 1.165) is 6.42 Å². The maximum absolute atomic E-state index is 11.5. The van der Waals surface area contributed by atoms with E-state index in [9.17, 15) is 4.79 Å². The van der Waals surface area contributed by atoms with E-state index < -0.39 is 0 Å². The van der Waals surface area contributed by atoms with Crippen molar-refractivity contribution in [1.82, 2.24) is 10.4 Å². The Morgan fingerprint density at radius 2 is 2.17 bits per heavy atom. The molecule has 0 spiro atoms. The Labute approximate surface area is 74.1 Å². The van der Waals surface area contributed by atoms with Crippen LogP contribution in [-0.4, -0.2) is 22.5 Å². The zero-order chi connectivity index (χ0) is 9.35. The summed E-state index contributed by atoms with van der Waals surface area (Å²) in [4.78, 5) is 11.5. The van der Waals surface area contributed by atoms with Crippen LogP contribution in [0, 0.1) is 0 Å². The fraction of sp³-hybridized carbons (Fsp3) is 0.889. The summed E-state index contributed by atoms with van der Waals surface area (Å²) in [6.07, 6.45) is 1.66. The minimum absolute atomic E-state index is 0.0962. The summed E-state index contributed by atoms with van der Waals surface area (Å²) < 4.78 is 0. The van der Waals surface area contributed by atoms with Crippen molar-refractivity contribution in [3.05, 3.63) is 0 Å². The van der Waals surface area contributed by atoms with Crippen molar-refractivity contribution in [2.45, 2.75) is 52.1 Å². The number of hydrogen-bond acceptors (Lipinski definition) is 2. The molecule has 0 aromatic rings. The summed E-state index contributed by atoms with van der Waals surface area (Å²) in [5, 5.41) is 1.75. The van der Waals surface area contributed by atoms with Gasteiger partial charge in [-0.2, -0.15) is 0 Å². The quantitative estimate of drug-likeness (QED) is 0.643. The molecule has 70 valence electrons. The van der Waals surface area contributed by atoms with Crippen molar-refractivity contribution in [3.63, 3.8) is 0 Å². The van der Waals surface area contributed by atoms with Gasteiger partial charge >= 0.3 is 0 Å². The summed E-state index contributed by atoms with van der Waals surface area (Å²) in [5.41, 5.74) is 3.12. The standard InChI is InChI=1S/C9H18N2O/c1-5-7-6-8(12)11(10-7)9(2,3)4/h7,10H,5-6H2,1-4H3. The molecule has 12 heavy (non-hydrogen) atoms. The zero-order valence-corrected chi connectivity index (χ0v) is 8.35. The molecule has 0 saturated carbocycles. The van der Waals surface area contributed by atoms with Gasteiger partial charge in [-0.05, 0) is 27.2 Å². The van der Waals surface area contributed by atoms with Crippen LogP contribution in [0.15, 0.2) is 0 Å². The van der Waals surface area contributed by atoms with Gasteiger partial charge in [0.05, 0.1) is 5.54 Å². The van der Waals surface area contributed by atoms with E-state index in [2.05, 4.69) is 12.3 Å². The van der Waals surface area contributed by atoms with E-state index in [0.29, 0.717) is 12.5 Å². The molecule has 1 unspecified atom stereocenters. The Morgan fingerprint density at radius 3 is 2.42 bits per heavy atom. The molecule has 1 saturated heterocycles. The highest BCUT2D eigenvalue weighted by molar-refractivity contribution is 5.79. The fourth-order valence-corrected chi connectivity index (χ4v) is 1.41. The van der Waals surface area contributed by atoms with Crippen molar-refractivity contribution in [3.8, 4) is 0 Å². The lowest BCUT2D eigenvalue weighted by Gasteiger charge is -2.31. The highest BCUT2D eigenvalue weighted by Gasteiger charge is 2.34. The van der Waals surface area contributed by atoms with Crippen LogP contribution in [-0.2, 0) is 4.79 Å². The van der Waals surface area contributed by atoms with Gasteiger partial charge in [-0.1, -0.05) is 6.92 Å². The first-order chi connectivity index (χ1) is 5.45. The summed E-state index contributed by atoms with van der Waals surface area (Å²) in [5.74, 6) is 0.217. The number of carbonyl (C=O) groups is 1. The van der Waals surface area contributed by atoms with Gasteiger partial charge in [-0.15, -0.1) is 0 Å². The molecular formula is C9H18N2O. The first kappa shape index (κ1) is 9.52.